The number of nitrogens with zero attached hydrogens (tertiary/aromatic N) is 3. The van der Waals surface area contributed by atoms with E-state index in [1.807, 2.05) is 18.2 Å². The summed E-state index contributed by atoms with van der Waals surface area (Å²) in [5.74, 6) is 0.886. The van der Waals surface area contributed by atoms with E-state index in [9.17, 15) is 8.42 Å². The van der Waals surface area contributed by atoms with Gasteiger partial charge in [0.1, 0.15) is 5.75 Å². The molecule has 6 rings (SSSR count). The SMILES string of the molecule is CS(=O)(=O)N1CCC2(CC1)Oc1ccccc1[C@H]1CC(c3ccc4ccccc4c3)=NN12. The van der Waals surface area contributed by atoms with Crippen LogP contribution >= 0.6 is 0 Å². The molecule has 32 heavy (non-hydrogen) atoms. The van der Waals surface area contributed by atoms with Crippen molar-refractivity contribution in [2.24, 2.45) is 5.10 Å². The second-order valence-corrected chi connectivity index (χ2v) is 10.9. The second-order valence-electron chi connectivity index (χ2n) is 8.92. The number of hydrogen-bond donors (Lipinski definition) is 0. The van der Waals surface area contributed by atoms with E-state index in [0.29, 0.717) is 25.9 Å². The molecule has 0 radical (unpaired) electrons. The minimum absolute atomic E-state index is 0.0891. The van der Waals surface area contributed by atoms with Gasteiger partial charge in [-0.3, -0.25) is 0 Å². The molecule has 3 aliphatic rings. The average molecular weight is 448 g/mol. The van der Waals surface area contributed by atoms with Crippen LogP contribution in [0.3, 0.4) is 0 Å². The first-order valence-corrected chi connectivity index (χ1v) is 12.9. The Kier molecular flexibility index (Phi) is 4.35. The standard InChI is InChI=1S/C25H25N3O3S/c1-32(29,30)27-14-12-25(13-15-27)28-23(21-8-4-5-9-24(21)31-25)17-22(26-28)20-11-10-18-6-2-3-7-19(18)16-20/h2-11,16,23H,12-15,17H2,1H3/t23-/m1/s1. The summed E-state index contributed by atoms with van der Waals surface area (Å²) in [6.07, 6.45) is 3.24. The van der Waals surface area contributed by atoms with Crippen molar-refractivity contribution in [3.05, 3.63) is 77.9 Å². The molecule has 0 saturated carbocycles. The Balaban J connectivity index is 1.40. The van der Waals surface area contributed by atoms with Crippen LogP contribution in [-0.2, 0) is 10.0 Å². The number of sulfonamides is 1. The zero-order valence-electron chi connectivity index (χ0n) is 17.9. The van der Waals surface area contributed by atoms with Crippen molar-refractivity contribution >= 4 is 26.5 Å². The Morgan fingerprint density at radius 2 is 1.69 bits per heavy atom. The molecule has 3 aromatic rings. The minimum Gasteiger partial charge on any atom is -0.466 e. The van der Waals surface area contributed by atoms with E-state index in [0.717, 1.165) is 29.0 Å². The van der Waals surface area contributed by atoms with Gasteiger partial charge < -0.3 is 4.74 Å². The highest BCUT2D eigenvalue weighted by Crippen LogP contribution is 2.50. The maximum Gasteiger partial charge on any atom is 0.211 e. The molecule has 1 saturated heterocycles. The first-order chi connectivity index (χ1) is 15.4. The van der Waals surface area contributed by atoms with Gasteiger partial charge in [-0.05, 0) is 28.5 Å². The van der Waals surface area contributed by atoms with E-state index in [1.54, 1.807) is 4.31 Å². The molecule has 0 aliphatic carbocycles. The molecular weight excluding hydrogens is 422 g/mol. The summed E-state index contributed by atoms with van der Waals surface area (Å²) in [6.45, 7) is 0.871. The molecule has 7 heteroatoms. The predicted molar refractivity (Wildman–Crippen MR) is 125 cm³/mol. The van der Waals surface area contributed by atoms with Crippen LogP contribution < -0.4 is 4.74 Å². The van der Waals surface area contributed by atoms with Gasteiger partial charge in [-0.25, -0.2) is 17.7 Å². The monoisotopic (exact) mass is 447 g/mol. The van der Waals surface area contributed by atoms with Gasteiger partial charge in [0.15, 0.2) is 0 Å². The van der Waals surface area contributed by atoms with Crippen molar-refractivity contribution < 1.29 is 13.2 Å². The van der Waals surface area contributed by atoms with Crippen LogP contribution in [0.25, 0.3) is 10.8 Å². The molecule has 0 unspecified atom stereocenters. The summed E-state index contributed by atoms with van der Waals surface area (Å²) >= 11 is 0. The van der Waals surface area contributed by atoms with Crippen molar-refractivity contribution in [1.82, 2.24) is 9.31 Å². The Morgan fingerprint density at radius 1 is 0.969 bits per heavy atom. The molecule has 6 nitrogen and oxygen atoms in total. The van der Waals surface area contributed by atoms with Crippen molar-refractivity contribution in [1.29, 1.82) is 0 Å². The first-order valence-electron chi connectivity index (χ1n) is 11.0. The molecule has 1 atom stereocenters. The second kappa shape index (κ2) is 7.05. The Morgan fingerprint density at radius 3 is 2.47 bits per heavy atom. The molecule has 0 aromatic heterocycles. The molecular formula is C25H25N3O3S. The third kappa shape index (κ3) is 3.11. The Labute approximate surface area is 188 Å². The van der Waals surface area contributed by atoms with Crippen LogP contribution in [0.2, 0.25) is 0 Å². The van der Waals surface area contributed by atoms with Crippen molar-refractivity contribution in [3.63, 3.8) is 0 Å². The number of piperidine rings is 1. The molecule has 1 fully saturated rings. The fourth-order valence-corrected chi connectivity index (χ4v) is 6.12. The van der Waals surface area contributed by atoms with Gasteiger partial charge in [0.25, 0.3) is 0 Å². The molecule has 0 amide bonds. The number of fused-ring (bicyclic) bond motifs is 5. The van der Waals surface area contributed by atoms with Gasteiger partial charge in [-0.1, -0.05) is 54.6 Å². The smallest absolute Gasteiger partial charge is 0.211 e. The van der Waals surface area contributed by atoms with Gasteiger partial charge in [-0.2, -0.15) is 5.10 Å². The van der Waals surface area contributed by atoms with E-state index in [-0.39, 0.29) is 6.04 Å². The van der Waals surface area contributed by atoms with Crippen LogP contribution in [0, 0.1) is 0 Å². The third-order valence-corrected chi connectivity index (χ3v) is 8.26. The third-order valence-electron chi connectivity index (χ3n) is 6.96. The number of benzene rings is 3. The quantitative estimate of drug-likeness (QED) is 0.593. The zero-order chi connectivity index (χ0) is 21.9. The van der Waals surface area contributed by atoms with Crippen molar-refractivity contribution in [2.75, 3.05) is 19.3 Å². The highest BCUT2D eigenvalue weighted by atomic mass is 32.2. The normalized spacial score (nSPS) is 22.3. The average Bonchev–Trinajstić information content (AvgIpc) is 3.26. The summed E-state index contributed by atoms with van der Waals surface area (Å²) in [6, 6.07) is 23.1. The number of rotatable bonds is 2. The lowest BCUT2D eigenvalue weighted by molar-refractivity contribution is -0.143. The van der Waals surface area contributed by atoms with Gasteiger partial charge >= 0.3 is 0 Å². The molecule has 1 spiro atoms. The van der Waals surface area contributed by atoms with Gasteiger partial charge in [0.05, 0.1) is 18.0 Å². The molecule has 3 aliphatic heterocycles. The van der Waals surface area contributed by atoms with Crippen LogP contribution in [0.15, 0.2) is 71.8 Å². The summed E-state index contributed by atoms with van der Waals surface area (Å²) in [4.78, 5) is 0. The highest BCUT2D eigenvalue weighted by molar-refractivity contribution is 7.88. The summed E-state index contributed by atoms with van der Waals surface area (Å²) in [7, 11) is -3.21. The lowest BCUT2D eigenvalue weighted by atomic mass is 9.91. The molecule has 0 N–H and O–H groups in total. The number of hydrogen-bond acceptors (Lipinski definition) is 5. The number of ether oxygens (including phenoxy) is 1. The van der Waals surface area contributed by atoms with Crippen LogP contribution in [-0.4, -0.2) is 48.5 Å². The first kappa shape index (κ1) is 19.8. The summed E-state index contributed by atoms with van der Waals surface area (Å²) in [5.41, 5.74) is 2.69. The van der Waals surface area contributed by atoms with E-state index in [4.69, 9.17) is 9.84 Å². The van der Waals surface area contributed by atoms with Crippen molar-refractivity contribution in [3.8, 4) is 5.75 Å². The van der Waals surface area contributed by atoms with Crippen molar-refractivity contribution in [2.45, 2.75) is 31.0 Å². The summed E-state index contributed by atoms with van der Waals surface area (Å²) in [5, 5.41) is 9.64. The van der Waals surface area contributed by atoms with Crippen LogP contribution in [0.5, 0.6) is 5.75 Å². The fourth-order valence-electron chi connectivity index (χ4n) is 5.27. The molecule has 0 bridgehead atoms. The highest BCUT2D eigenvalue weighted by Gasteiger charge is 2.52. The van der Waals surface area contributed by atoms with E-state index in [2.05, 4.69) is 53.5 Å². The van der Waals surface area contributed by atoms with E-state index in [1.165, 1.54) is 17.0 Å². The Hall–Kier alpha value is -2.90. The largest absolute Gasteiger partial charge is 0.466 e. The molecule has 164 valence electrons. The topological polar surface area (TPSA) is 62.2 Å². The number of hydrazone groups is 1. The Bertz CT molecular complexity index is 1340. The van der Waals surface area contributed by atoms with E-state index >= 15 is 0 Å². The van der Waals surface area contributed by atoms with E-state index < -0.39 is 15.7 Å². The molecule has 3 heterocycles. The molecule has 3 aromatic carbocycles. The lowest BCUT2D eigenvalue weighted by Gasteiger charge is -2.50. The number of para-hydroxylation sites is 1. The fraction of sp³-hybridized carbons (Fsp3) is 0.320. The van der Waals surface area contributed by atoms with Crippen LogP contribution in [0.1, 0.15) is 36.4 Å². The maximum absolute atomic E-state index is 12.1. The van der Waals surface area contributed by atoms with Gasteiger partial charge in [0, 0.05) is 37.9 Å². The lowest BCUT2D eigenvalue weighted by Crippen LogP contribution is -2.59. The van der Waals surface area contributed by atoms with Crippen LogP contribution in [0.4, 0.5) is 0 Å². The predicted octanol–water partition coefficient (Wildman–Crippen LogP) is 4.14. The van der Waals surface area contributed by atoms with Gasteiger partial charge in [0.2, 0.25) is 15.7 Å². The zero-order valence-corrected chi connectivity index (χ0v) is 18.8. The van der Waals surface area contributed by atoms with Gasteiger partial charge in [-0.15, -0.1) is 0 Å². The minimum atomic E-state index is -3.21. The summed E-state index contributed by atoms with van der Waals surface area (Å²) < 4.78 is 32.3. The maximum atomic E-state index is 12.1.